The molecule has 0 spiro atoms. The van der Waals surface area contributed by atoms with Gasteiger partial charge in [-0.25, -0.2) is 0 Å². The van der Waals surface area contributed by atoms with Crippen LogP contribution < -0.4 is 5.32 Å². The molecule has 0 aliphatic heterocycles. The first-order valence-electron chi connectivity index (χ1n) is 8.64. The zero-order valence-corrected chi connectivity index (χ0v) is 14.4. The molecule has 0 bridgehead atoms. The van der Waals surface area contributed by atoms with Crippen molar-refractivity contribution in [1.29, 1.82) is 0 Å². The summed E-state index contributed by atoms with van der Waals surface area (Å²) in [4.78, 5) is 22.6. The van der Waals surface area contributed by atoms with E-state index in [4.69, 9.17) is 9.52 Å². The minimum atomic E-state index is -0.800. The third-order valence-electron chi connectivity index (χ3n) is 4.22. The molecule has 134 valence electrons. The molecule has 0 fully saturated rings. The van der Waals surface area contributed by atoms with E-state index in [9.17, 15) is 9.59 Å². The van der Waals surface area contributed by atoms with E-state index in [0.29, 0.717) is 25.8 Å². The molecule has 26 heavy (non-hydrogen) atoms. The Hall–Kier alpha value is -3.08. The Balaban J connectivity index is 1.44. The molecule has 2 aromatic carbocycles. The molecule has 5 heteroatoms. The Morgan fingerprint density at radius 1 is 0.923 bits per heavy atom. The summed E-state index contributed by atoms with van der Waals surface area (Å²) >= 11 is 0. The number of nitrogens with one attached hydrogen (secondary N) is 1. The van der Waals surface area contributed by atoms with Crippen LogP contribution in [0.25, 0.3) is 11.0 Å². The number of carbonyl (C=O) groups is 2. The number of aryl methyl sites for hydroxylation is 2. The molecule has 3 rings (SSSR count). The minimum Gasteiger partial charge on any atom is -0.481 e. The molecule has 0 radical (unpaired) electrons. The fraction of sp³-hybridized carbons (Fsp3) is 0.238. The van der Waals surface area contributed by atoms with E-state index in [1.165, 1.54) is 0 Å². The zero-order valence-electron chi connectivity index (χ0n) is 14.4. The fourth-order valence-corrected chi connectivity index (χ4v) is 2.76. The predicted molar refractivity (Wildman–Crippen MR) is 98.8 cm³/mol. The molecular weight excluding hydrogens is 330 g/mol. The van der Waals surface area contributed by atoms with Gasteiger partial charge in [-0.15, -0.1) is 0 Å². The zero-order chi connectivity index (χ0) is 18.4. The largest absolute Gasteiger partial charge is 0.481 e. The van der Waals surface area contributed by atoms with Gasteiger partial charge in [0.1, 0.15) is 11.3 Å². The molecule has 1 amide bonds. The van der Waals surface area contributed by atoms with Crippen LogP contribution in [0.1, 0.15) is 29.7 Å². The third-order valence-corrected chi connectivity index (χ3v) is 4.22. The maximum Gasteiger partial charge on any atom is 0.303 e. The molecule has 0 atom stereocenters. The van der Waals surface area contributed by atoms with Gasteiger partial charge in [0.25, 0.3) is 0 Å². The Labute approximate surface area is 151 Å². The van der Waals surface area contributed by atoms with Crippen molar-refractivity contribution in [2.45, 2.75) is 32.2 Å². The third kappa shape index (κ3) is 4.96. The standard InChI is InChI=1S/C21H21NO4/c23-20(11-10-18-13-17-3-1-2-4-19(17)26-18)22-14-16-7-5-15(6-8-16)9-12-21(24)25/h1-8,13H,9-12,14H2,(H,22,23)(H,24,25). The normalized spacial score (nSPS) is 10.8. The second kappa shape index (κ2) is 8.34. The van der Waals surface area contributed by atoms with Crippen molar-refractivity contribution in [3.8, 4) is 0 Å². The van der Waals surface area contributed by atoms with Crippen molar-refractivity contribution < 1.29 is 19.1 Å². The lowest BCUT2D eigenvalue weighted by Gasteiger charge is -2.06. The van der Waals surface area contributed by atoms with Gasteiger partial charge in [-0.3, -0.25) is 9.59 Å². The lowest BCUT2D eigenvalue weighted by molar-refractivity contribution is -0.137. The molecule has 2 N–H and O–H groups in total. The summed E-state index contributed by atoms with van der Waals surface area (Å²) in [6, 6.07) is 17.4. The number of carboxylic acids is 1. The molecule has 0 saturated carbocycles. The first kappa shape index (κ1) is 17.7. The van der Waals surface area contributed by atoms with Crippen molar-refractivity contribution in [3.05, 3.63) is 71.5 Å². The number of amides is 1. The van der Waals surface area contributed by atoms with E-state index in [-0.39, 0.29) is 12.3 Å². The number of rotatable bonds is 8. The monoisotopic (exact) mass is 351 g/mol. The second-order valence-electron chi connectivity index (χ2n) is 6.24. The number of furan rings is 1. The average molecular weight is 351 g/mol. The number of carbonyl (C=O) groups excluding carboxylic acids is 1. The van der Waals surface area contributed by atoms with Gasteiger partial charge in [0.2, 0.25) is 5.91 Å². The van der Waals surface area contributed by atoms with Crippen LogP contribution in [0.2, 0.25) is 0 Å². The Morgan fingerprint density at radius 2 is 1.65 bits per heavy atom. The van der Waals surface area contributed by atoms with Crippen molar-refractivity contribution in [2.24, 2.45) is 0 Å². The minimum absolute atomic E-state index is 0.0274. The van der Waals surface area contributed by atoms with Gasteiger partial charge in [0.15, 0.2) is 0 Å². The van der Waals surface area contributed by atoms with Gasteiger partial charge in [-0.05, 0) is 29.7 Å². The number of carboxylic acid groups (broad SMARTS) is 1. The highest BCUT2D eigenvalue weighted by Gasteiger charge is 2.07. The Bertz CT molecular complexity index is 863. The molecule has 3 aromatic rings. The molecule has 0 aliphatic carbocycles. The SMILES string of the molecule is O=C(O)CCc1ccc(CNC(=O)CCc2cc3ccccc3o2)cc1. The lowest BCUT2D eigenvalue weighted by Crippen LogP contribution is -2.22. The summed E-state index contributed by atoms with van der Waals surface area (Å²) in [5.74, 6) is -0.0182. The number of aliphatic carboxylic acids is 1. The van der Waals surface area contributed by atoms with E-state index in [2.05, 4.69) is 5.32 Å². The van der Waals surface area contributed by atoms with Crippen LogP contribution in [0, 0.1) is 0 Å². The highest BCUT2D eigenvalue weighted by Crippen LogP contribution is 2.19. The summed E-state index contributed by atoms with van der Waals surface area (Å²) < 4.78 is 5.71. The number of para-hydroxylation sites is 1. The average Bonchev–Trinajstić information content (AvgIpc) is 3.07. The van der Waals surface area contributed by atoms with Crippen LogP contribution in [-0.2, 0) is 29.0 Å². The summed E-state index contributed by atoms with van der Waals surface area (Å²) in [6.07, 6.45) is 1.57. The van der Waals surface area contributed by atoms with Crippen LogP contribution in [0.3, 0.4) is 0 Å². The maximum atomic E-state index is 12.0. The predicted octanol–water partition coefficient (Wildman–Crippen LogP) is 3.70. The van der Waals surface area contributed by atoms with Gasteiger partial charge in [-0.1, -0.05) is 42.5 Å². The van der Waals surface area contributed by atoms with Crippen molar-refractivity contribution >= 4 is 22.8 Å². The lowest BCUT2D eigenvalue weighted by atomic mass is 10.1. The molecular formula is C21H21NO4. The van der Waals surface area contributed by atoms with Gasteiger partial charge < -0.3 is 14.8 Å². The number of fused-ring (bicyclic) bond motifs is 1. The number of benzene rings is 2. The Kier molecular flexibility index (Phi) is 5.69. The maximum absolute atomic E-state index is 12.0. The number of hydrogen-bond acceptors (Lipinski definition) is 3. The van der Waals surface area contributed by atoms with E-state index in [1.807, 2.05) is 54.6 Å². The second-order valence-corrected chi connectivity index (χ2v) is 6.24. The van der Waals surface area contributed by atoms with Gasteiger partial charge in [0.05, 0.1) is 0 Å². The molecule has 1 aromatic heterocycles. The van der Waals surface area contributed by atoms with E-state index in [0.717, 1.165) is 27.9 Å². The fourth-order valence-electron chi connectivity index (χ4n) is 2.76. The molecule has 0 saturated heterocycles. The van der Waals surface area contributed by atoms with E-state index >= 15 is 0 Å². The van der Waals surface area contributed by atoms with Crippen LogP contribution in [-0.4, -0.2) is 17.0 Å². The molecule has 0 unspecified atom stereocenters. The van der Waals surface area contributed by atoms with Crippen molar-refractivity contribution in [2.75, 3.05) is 0 Å². The highest BCUT2D eigenvalue weighted by molar-refractivity contribution is 5.78. The molecule has 0 aliphatic rings. The van der Waals surface area contributed by atoms with Crippen LogP contribution in [0.15, 0.2) is 59.0 Å². The molecule has 1 heterocycles. The summed E-state index contributed by atoms with van der Waals surface area (Å²) in [5.41, 5.74) is 2.81. The van der Waals surface area contributed by atoms with E-state index in [1.54, 1.807) is 0 Å². The first-order valence-corrected chi connectivity index (χ1v) is 8.64. The van der Waals surface area contributed by atoms with Crippen molar-refractivity contribution in [1.82, 2.24) is 5.32 Å². The summed E-state index contributed by atoms with van der Waals surface area (Å²) in [5, 5.41) is 12.6. The van der Waals surface area contributed by atoms with Crippen LogP contribution >= 0.6 is 0 Å². The smallest absolute Gasteiger partial charge is 0.303 e. The van der Waals surface area contributed by atoms with Gasteiger partial charge >= 0.3 is 5.97 Å². The van der Waals surface area contributed by atoms with Crippen LogP contribution in [0.4, 0.5) is 0 Å². The topological polar surface area (TPSA) is 79.5 Å². The van der Waals surface area contributed by atoms with Gasteiger partial charge in [0, 0.05) is 31.2 Å². The first-order chi connectivity index (χ1) is 12.6. The highest BCUT2D eigenvalue weighted by atomic mass is 16.4. The number of hydrogen-bond donors (Lipinski definition) is 2. The molecule has 5 nitrogen and oxygen atoms in total. The van der Waals surface area contributed by atoms with Gasteiger partial charge in [-0.2, -0.15) is 0 Å². The quantitative estimate of drug-likeness (QED) is 0.648. The summed E-state index contributed by atoms with van der Waals surface area (Å²) in [6.45, 7) is 0.457. The van der Waals surface area contributed by atoms with Crippen LogP contribution in [0.5, 0.6) is 0 Å². The Morgan fingerprint density at radius 3 is 2.38 bits per heavy atom. The van der Waals surface area contributed by atoms with E-state index < -0.39 is 5.97 Å². The van der Waals surface area contributed by atoms with Crippen molar-refractivity contribution in [3.63, 3.8) is 0 Å². The summed E-state index contributed by atoms with van der Waals surface area (Å²) in [7, 11) is 0.